The van der Waals surface area contributed by atoms with Gasteiger partial charge in [-0.05, 0) is 31.3 Å². The molecule has 1 atom stereocenters. The maximum absolute atomic E-state index is 10.5. The Balaban J connectivity index is 1.47. The molecule has 0 amide bonds. The normalized spacial score (nSPS) is 20.3. The third-order valence-corrected chi connectivity index (χ3v) is 5.21. The fraction of sp³-hybridized carbons (Fsp3) is 0.300. The predicted molar refractivity (Wildman–Crippen MR) is 104 cm³/mol. The Morgan fingerprint density at radius 3 is 2.85 bits per heavy atom. The highest BCUT2D eigenvalue weighted by Crippen LogP contribution is 2.36. The number of aliphatic hydroxyl groups is 1. The van der Waals surface area contributed by atoms with Gasteiger partial charge in [0, 0.05) is 67.7 Å². The molecule has 0 bridgehead atoms. The van der Waals surface area contributed by atoms with Crippen LogP contribution in [-0.2, 0) is 0 Å². The Kier molecular flexibility index (Phi) is 3.84. The van der Waals surface area contributed by atoms with Crippen LogP contribution in [-0.4, -0.2) is 63.9 Å². The summed E-state index contributed by atoms with van der Waals surface area (Å²) in [5.74, 6) is 1.29. The van der Waals surface area contributed by atoms with E-state index in [0.29, 0.717) is 22.8 Å². The molecule has 3 aromatic rings. The molecule has 1 N–H and O–H groups in total. The number of nitrogens with zero attached hydrogens (tertiary/aromatic N) is 5. The van der Waals surface area contributed by atoms with E-state index >= 15 is 0 Å². The molecule has 138 valence electrons. The third-order valence-electron chi connectivity index (χ3n) is 5.21. The molecule has 0 radical (unpaired) electrons. The van der Waals surface area contributed by atoms with Gasteiger partial charge in [-0.25, -0.2) is 9.97 Å². The highest BCUT2D eigenvalue weighted by atomic mass is 16.6. The molecule has 1 aromatic carbocycles. The van der Waals surface area contributed by atoms with Gasteiger partial charge >= 0.3 is 0 Å². The first kappa shape index (κ1) is 16.3. The fourth-order valence-electron chi connectivity index (χ4n) is 3.60. The van der Waals surface area contributed by atoms with Gasteiger partial charge in [0.2, 0.25) is 12.1 Å². The summed E-state index contributed by atoms with van der Waals surface area (Å²) >= 11 is 0. The summed E-state index contributed by atoms with van der Waals surface area (Å²) in [7, 11) is 2.14. The van der Waals surface area contributed by atoms with Crippen molar-refractivity contribution >= 4 is 23.1 Å². The number of imidazole rings is 1. The molecule has 2 aliphatic heterocycles. The van der Waals surface area contributed by atoms with Gasteiger partial charge in [-0.2, -0.15) is 0 Å². The van der Waals surface area contributed by atoms with E-state index in [-0.39, 0.29) is 0 Å². The van der Waals surface area contributed by atoms with Crippen LogP contribution in [0.15, 0.2) is 42.9 Å². The lowest BCUT2D eigenvalue weighted by atomic mass is 10.0. The van der Waals surface area contributed by atoms with Gasteiger partial charge in [-0.3, -0.25) is 4.40 Å². The average Bonchev–Trinajstić information content (AvgIpc) is 3.11. The SMILES string of the molecule is CN1CCN(c2ccc3c(c2)OC(O)C(c2cn4cccnc4n2)=C3)CC1. The molecular weight excluding hydrogens is 342 g/mol. The maximum atomic E-state index is 10.5. The first-order valence-corrected chi connectivity index (χ1v) is 9.11. The fourth-order valence-corrected chi connectivity index (χ4v) is 3.60. The molecule has 2 aliphatic rings. The van der Waals surface area contributed by atoms with E-state index in [2.05, 4.69) is 32.9 Å². The van der Waals surface area contributed by atoms with Crippen LogP contribution in [0.3, 0.4) is 0 Å². The van der Waals surface area contributed by atoms with E-state index in [1.165, 1.54) is 0 Å². The van der Waals surface area contributed by atoms with Crippen molar-refractivity contribution in [3.05, 3.63) is 54.1 Å². The van der Waals surface area contributed by atoms with Crippen LogP contribution in [0.25, 0.3) is 17.4 Å². The molecule has 0 saturated carbocycles. The number of likely N-dealkylation sites (N-methyl/N-ethyl adjacent to an activating group) is 1. The van der Waals surface area contributed by atoms with Crippen molar-refractivity contribution in [2.45, 2.75) is 6.29 Å². The Morgan fingerprint density at radius 2 is 2.04 bits per heavy atom. The Bertz CT molecular complexity index is 987. The van der Waals surface area contributed by atoms with Gasteiger partial charge in [-0.1, -0.05) is 0 Å². The lowest BCUT2D eigenvalue weighted by molar-refractivity contribution is 0.0318. The van der Waals surface area contributed by atoms with Crippen molar-refractivity contribution in [2.75, 3.05) is 38.1 Å². The standard InChI is InChI=1S/C20H21N5O2/c1-23-7-9-24(10-8-23)15-4-3-14-11-16(19(26)27-18(14)12-15)17-13-25-6-2-5-21-20(25)22-17/h2-6,11-13,19,26H,7-10H2,1H3. The second kappa shape index (κ2) is 6.37. The van der Waals surface area contributed by atoms with E-state index in [1.54, 1.807) is 6.20 Å². The summed E-state index contributed by atoms with van der Waals surface area (Å²) < 4.78 is 7.66. The van der Waals surface area contributed by atoms with Crippen molar-refractivity contribution in [1.29, 1.82) is 0 Å². The number of anilines is 1. The van der Waals surface area contributed by atoms with Gasteiger partial charge < -0.3 is 19.6 Å². The number of aromatic nitrogens is 3. The first-order valence-electron chi connectivity index (χ1n) is 9.11. The van der Waals surface area contributed by atoms with E-state index in [4.69, 9.17) is 4.74 Å². The Hall–Kier alpha value is -2.90. The second-order valence-electron chi connectivity index (χ2n) is 7.04. The molecule has 1 fully saturated rings. The zero-order valence-corrected chi connectivity index (χ0v) is 15.1. The van der Waals surface area contributed by atoms with E-state index in [0.717, 1.165) is 37.4 Å². The van der Waals surface area contributed by atoms with Gasteiger partial charge in [0.05, 0.1) is 5.69 Å². The number of ether oxygens (including phenoxy) is 1. The summed E-state index contributed by atoms with van der Waals surface area (Å²) in [6.07, 6.45) is 6.32. The Labute approximate surface area is 157 Å². The number of fused-ring (bicyclic) bond motifs is 2. The van der Waals surface area contributed by atoms with Crippen LogP contribution in [0.1, 0.15) is 11.3 Å². The molecule has 0 spiro atoms. The van der Waals surface area contributed by atoms with E-state index in [1.807, 2.05) is 41.1 Å². The van der Waals surface area contributed by atoms with Crippen LogP contribution < -0.4 is 9.64 Å². The Morgan fingerprint density at radius 1 is 1.19 bits per heavy atom. The number of benzene rings is 1. The van der Waals surface area contributed by atoms with Gasteiger partial charge in [0.15, 0.2) is 0 Å². The molecule has 27 heavy (non-hydrogen) atoms. The van der Waals surface area contributed by atoms with E-state index in [9.17, 15) is 5.11 Å². The summed E-state index contributed by atoms with van der Waals surface area (Å²) in [5.41, 5.74) is 3.37. The number of hydrogen-bond donors (Lipinski definition) is 1. The third kappa shape index (κ3) is 2.94. The molecule has 1 saturated heterocycles. The van der Waals surface area contributed by atoms with E-state index < -0.39 is 6.29 Å². The number of aliphatic hydroxyl groups excluding tert-OH is 1. The smallest absolute Gasteiger partial charge is 0.234 e. The summed E-state index contributed by atoms with van der Waals surface area (Å²) in [4.78, 5) is 13.4. The molecule has 4 heterocycles. The summed E-state index contributed by atoms with van der Waals surface area (Å²) in [6.45, 7) is 4.08. The second-order valence-corrected chi connectivity index (χ2v) is 7.04. The van der Waals surface area contributed by atoms with Crippen molar-refractivity contribution < 1.29 is 9.84 Å². The monoisotopic (exact) mass is 363 g/mol. The van der Waals surface area contributed by atoms with Gasteiger partial charge in [0.1, 0.15) is 5.75 Å². The van der Waals surface area contributed by atoms with Crippen LogP contribution in [0.2, 0.25) is 0 Å². The van der Waals surface area contributed by atoms with Crippen molar-refractivity contribution in [1.82, 2.24) is 19.3 Å². The lowest BCUT2D eigenvalue weighted by Gasteiger charge is -2.34. The molecule has 5 rings (SSSR count). The first-order chi connectivity index (χ1) is 13.2. The highest BCUT2D eigenvalue weighted by molar-refractivity contribution is 5.86. The summed E-state index contributed by atoms with van der Waals surface area (Å²) in [6, 6.07) is 8.02. The highest BCUT2D eigenvalue weighted by Gasteiger charge is 2.25. The van der Waals surface area contributed by atoms with Crippen molar-refractivity contribution in [2.24, 2.45) is 0 Å². The van der Waals surface area contributed by atoms with Crippen LogP contribution in [0.4, 0.5) is 5.69 Å². The zero-order chi connectivity index (χ0) is 18.4. The topological polar surface area (TPSA) is 66.1 Å². The zero-order valence-electron chi connectivity index (χ0n) is 15.1. The molecule has 1 unspecified atom stereocenters. The number of piperazine rings is 1. The minimum Gasteiger partial charge on any atom is -0.460 e. The van der Waals surface area contributed by atoms with Crippen molar-refractivity contribution in [3.63, 3.8) is 0 Å². The van der Waals surface area contributed by atoms with Crippen LogP contribution in [0, 0.1) is 0 Å². The quantitative estimate of drug-likeness (QED) is 0.748. The minimum absolute atomic E-state index is 0.594. The average molecular weight is 363 g/mol. The molecule has 7 nitrogen and oxygen atoms in total. The maximum Gasteiger partial charge on any atom is 0.234 e. The molecule has 2 aromatic heterocycles. The molecule has 0 aliphatic carbocycles. The minimum atomic E-state index is -1.05. The molecular formula is C20H21N5O2. The van der Waals surface area contributed by atoms with Crippen LogP contribution in [0.5, 0.6) is 5.75 Å². The molecule has 7 heteroatoms. The number of hydrogen-bond acceptors (Lipinski definition) is 6. The lowest BCUT2D eigenvalue weighted by Crippen LogP contribution is -2.44. The van der Waals surface area contributed by atoms with Gasteiger partial charge in [-0.15, -0.1) is 0 Å². The number of rotatable bonds is 2. The predicted octanol–water partition coefficient (Wildman–Crippen LogP) is 1.73. The summed E-state index contributed by atoms with van der Waals surface area (Å²) in [5, 5.41) is 10.5. The van der Waals surface area contributed by atoms with Crippen LogP contribution >= 0.6 is 0 Å². The largest absolute Gasteiger partial charge is 0.460 e. The van der Waals surface area contributed by atoms with Gasteiger partial charge in [0.25, 0.3) is 0 Å². The van der Waals surface area contributed by atoms with Crippen molar-refractivity contribution in [3.8, 4) is 5.75 Å².